The van der Waals surface area contributed by atoms with E-state index in [2.05, 4.69) is 10.8 Å². The van der Waals surface area contributed by atoms with Crippen molar-refractivity contribution in [3.8, 4) is 5.75 Å². The number of phenols is 1. The summed E-state index contributed by atoms with van der Waals surface area (Å²) in [5.41, 5.74) is 4.09. The predicted octanol–water partition coefficient (Wildman–Crippen LogP) is 4.75. The summed E-state index contributed by atoms with van der Waals surface area (Å²) in [7, 11) is -3.71. The van der Waals surface area contributed by atoms with E-state index in [1.807, 2.05) is 43.3 Å². The molecule has 0 spiro atoms. The molecule has 0 aliphatic heterocycles. The number of benzene rings is 3. The Morgan fingerprint density at radius 1 is 0.964 bits per heavy atom. The first-order valence-electron chi connectivity index (χ1n) is 9.11. The van der Waals surface area contributed by atoms with Gasteiger partial charge in [-0.05, 0) is 48.7 Å². The van der Waals surface area contributed by atoms with Crippen LogP contribution >= 0.6 is 0 Å². The van der Waals surface area contributed by atoms with Crippen molar-refractivity contribution in [2.45, 2.75) is 24.2 Å². The van der Waals surface area contributed by atoms with E-state index in [1.165, 1.54) is 0 Å². The van der Waals surface area contributed by atoms with Crippen LogP contribution in [0.4, 0.5) is 5.69 Å². The van der Waals surface area contributed by atoms with Crippen molar-refractivity contribution in [1.82, 2.24) is 0 Å². The summed E-state index contributed by atoms with van der Waals surface area (Å²) in [6.45, 7) is 1.91. The van der Waals surface area contributed by atoms with Gasteiger partial charge in [-0.1, -0.05) is 60.2 Å². The number of aryl methyl sites for hydroxylation is 1. The van der Waals surface area contributed by atoms with Crippen molar-refractivity contribution >= 4 is 15.7 Å². The van der Waals surface area contributed by atoms with Crippen LogP contribution in [0.1, 0.15) is 28.2 Å². The van der Waals surface area contributed by atoms with Crippen LogP contribution in [0.15, 0.2) is 83.8 Å². The number of aromatic hydroxyl groups is 1. The average molecular weight is 391 g/mol. The Kier molecular flexibility index (Phi) is 4.69. The molecule has 28 heavy (non-hydrogen) atoms. The summed E-state index contributed by atoms with van der Waals surface area (Å²) in [5, 5.41) is 10.5. The maximum atomic E-state index is 12.8. The minimum atomic E-state index is -3.71. The van der Waals surface area contributed by atoms with Crippen LogP contribution in [0.5, 0.6) is 5.75 Å². The van der Waals surface area contributed by atoms with Gasteiger partial charge >= 0.3 is 0 Å². The van der Waals surface area contributed by atoms with E-state index in [0.717, 1.165) is 22.3 Å². The van der Waals surface area contributed by atoms with Crippen molar-refractivity contribution in [2.75, 3.05) is 4.72 Å². The van der Waals surface area contributed by atoms with Crippen LogP contribution in [-0.4, -0.2) is 13.5 Å². The summed E-state index contributed by atoms with van der Waals surface area (Å²) in [5.74, 6) is 0.0558. The molecular weight excluding hydrogens is 370 g/mol. The molecule has 0 saturated heterocycles. The molecule has 1 atom stereocenters. The highest BCUT2D eigenvalue weighted by Crippen LogP contribution is 2.41. The lowest BCUT2D eigenvalue weighted by atomic mass is 9.82. The van der Waals surface area contributed by atoms with E-state index in [9.17, 15) is 13.5 Å². The minimum absolute atomic E-state index is 0.117. The Morgan fingerprint density at radius 2 is 1.68 bits per heavy atom. The van der Waals surface area contributed by atoms with Crippen molar-refractivity contribution in [1.29, 1.82) is 0 Å². The molecule has 0 saturated carbocycles. The number of sulfonamides is 1. The first kappa shape index (κ1) is 18.3. The monoisotopic (exact) mass is 391 g/mol. The number of hydrogen-bond acceptors (Lipinski definition) is 3. The molecular formula is C23H21NO3S. The highest BCUT2D eigenvalue weighted by Gasteiger charge is 2.25. The van der Waals surface area contributed by atoms with Gasteiger partial charge in [0.25, 0.3) is 10.0 Å². The Balaban J connectivity index is 1.76. The molecule has 1 aliphatic carbocycles. The van der Waals surface area contributed by atoms with Gasteiger partial charge in [0.15, 0.2) is 0 Å². The molecule has 2 N–H and O–H groups in total. The lowest BCUT2D eigenvalue weighted by Gasteiger charge is -2.25. The number of anilines is 1. The third kappa shape index (κ3) is 3.41. The number of phenolic OH excluding ortho intramolecular Hbond substituents is 1. The third-order valence-corrected chi connectivity index (χ3v) is 6.41. The summed E-state index contributed by atoms with van der Waals surface area (Å²) in [4.78, 5) is 0.214. The molecule has 0 bridgehead atoms. The molecule has 0 radical (unpaired) electrons. The molecule has 0 fully saturated rings. The molecule has 0 amide bonds. The Hall–Kier alpha value is -3.05. The number of nitrogens with one attached hydrogen (secondary N) is 1. The van der Waals surface area contributed by atoms with Crippen molar-refractivity contribution in [2.24, 2.45) is 0 Å². The zero-order chi connectivity index (χ0) is 19.7. The Morgan fingerprint density at radius 3 is 2.39 bits per heavy atom. The lowest BCUT2D eigenvalue weighted by Crippen LogP contribution is -2.16. The SMILES string of the molecule is Cc1ccc(S(=O)(=O)Nc2ccc(O)c3c2CC=CC3c2ccccc2)cc1. The Bertz CT molecular complexity index is 1130. The van der Waals surface area contributed by atoms with E-state index in [-0.39, 0.29) is 16.6 Å². The standard InChI is InChI=1S/C23H21NO3S/c1-16-10-12-18(13-11-16)28(26,27)24-21-14-15-22(25)23-19(8-5-9-20(21)23)17-6-3-2-4-7-17/h2-8,10-15,19,24-25H,9H2,1H3. The number of allylic oxidation sites excluding steroid dienone is 2. The quantitative estimate of drug-likeness (QED) is 0.498. The van der Waals surface area contributed by atoms with E-state index < -0.39 is 10.0 Å². The highest BCUT2D eigenvalue weighted by molar-refractivity contribution is 7.92. The van der Waals surface area contributed by atoms with Crippen LogP contribution in [-0.2, 0) is 16.4 Å². The second kappa shape index (κ2) is 7.17. The van der Waals surface area contributed by atoms with E-state index in [4.69, 9.17) is 0 Å². The first-order valence-corrected chi connectivity index (χ1v) is 10.6. The zero-order valence-corrected chi connectivity index (χ0v) is 16.3. The molecule has 3 aromatic carbocycles. The smallest absolute Gasteiger partial charge is 0.261 e. The summed E-state index contributed by atoms with van der Waals surface area (Å²) in [6.07, 6.45) is 4.62. The van der Waals surface area contributed by atoms with Gasteiger partial charge < -0.3 is 5.11 Å². The van der Waals surface area contributed by atoms with E-state index >= 15 is 0 Å². The fraction of sp³-hybridized carbons (Fsp3) is 0.130. The van der Waals surface area contributed by atoms with Gasteiger partial charge in [-0.15, -0.1) is 0 Å². The molecule has 5 heteroatoms. The molecule has 142 valence electrons. The first-order chi connectivity index (χ1) is 13.5. The number of fused-ring (bicyclic) bond motifs is 1. The topological polar surface area (TPSA) is 66.4 Å². The van der Waals surface area contributed by atoms with Gasteiger partial charge in [0.1, 0.15) is 5.75 Å². The van der Waals surface area contributed by atoms with Crippen LogP contribution in [0.25, 0.3) is 0 Å². The van der Waals surface area contributed by atoms with Crippen molar-refractivity contribution < 1.29 is 13.5 Å². The molecule has 1 unspecified atom stereocenters. The molecule has 4 rings (SSSR count). The van der Waals surface area contributed by atoms with Gasteiger partial charge in [0.2, 0.25) is 0 Å². The normalized spacial score (nSPS) is 15.8. The fourth-order valence-electron chi connectivity index (χ4n) is 3.59. The van der Waals surface area contributed by atoms with Crippen molar-refractivity contribution in [3.05, 3.63) is 101 Å². The molecule has 0 heterocycles. The largest absolute Gasteiger partial charge is 0.508 e. The second-order valence-electron chi connectivity index (χ2n) is 6.96. The number of hydrogen-bond donors (Lipinski definition) is 2. The van der Waals surface area contributed by atoms with Gasteiger partial charge in [-0.3, -0.25) is 4.72 Å². The van der Waals surface area contributed by atoms with Gasteiger partial charge in [-0.2, -0.15) is 0 Å². The Labute approximate surface area is 165 Å². The van der Waals surface area contributed by atoms with E-state index in [1.54, 1.807) is 36.4 Å². The molecule has 4 nitrogen and oxygen atoms in total. The van der Waals surface area contributed by atoms with Crippen LogP contribution in [0.2, 0.25) is 0 Å². The fourth-order valence-corrected chi connectivity index (χ4v) is 4.69. The van der Waals surface area contributed by atoms with Crippen LogP contribution in [0.3, 0.4) is 0 Å². The maximum Gasteiger partial charge on any atom is 0.261 e. The van der Waals surface area contributed by atoms with Crippen LogP contribution < -0.4 is 4.72 Å². The van der Waals surface area contributed by atoms with Gasteiger partial charge in [0, 0.05) is 11.5 Å². The minimum Gasteiger partial charge on any atom is -0.508 e. The third-order valence-electron chi connectivity index (χ3n) is 5.03. The molecule has 0 aromatic heterocycles. The zero-order valence-electron chi connectivity index (χ0n) is 15.5. The average Bonchev–Trinajstić information content (AvgIpc) is 2.71. The summed E-state index contributed by atoms with van der Waals surface area (Å²) in [6, 6.07) is 19.8. The van der Waals surface area contributed by atoms with Crippen LogP contribution in [0, 0.1) is 6.92 Å². The summed E-state index contributed by atoms with van der Waals surface area (Å²) >= 11 is 0. The molecule has 3 aromatic rings. The predicted molar refractivity (Wildman–Crippen MR) is 111 cm³/mol. The summed E-state index contributed by atoms with van der Waals surface area (Å²) < 4.78 is 28.4. The molecule has 1 aliphatic rings. The highest BCUT2D eigenvalue weighted by atomic mass is 32.2. The maximum absolute atomic E-state index is 12.8. The van der Waals surface area contributed by atoms with Gasteiger partial charge in [0.05, 0.1) is 10.6 Å². The second-order valence-corrected chi connectivity index (χ2v) is 8.65. The van der Waals surface area contributed by atoms with E-state index in [0.29, 0.717) is 12.1 Å². The lowest BCUT2D eigenvalue weighted by molar-refractivity contribution is 0.466. The van der Waals surface area contributed by atoms with Gasteiger partial charge in [-0.25, -0.2) is 8.42 Å². The number of rotatable bonds is 4. The van der Waals surface area contributed by atoms with Crippen molar-refractivity contribution in [3.63, 3.8) is 0 Å².